The SMILES string of the molecule is CC(C)N(Cc1ccccc1)C(=O)CCNCc1ccc(F)cc1. The number of benzene rings is 2. The van der Waals surface area contributed by atoms with E-state index < -0.39 is 0 Å². The van der Waals surface area contributed by atoms with Gasteiger partial charge in [0.2, 0.25) is 5.91 Å². The van der Waals surface area contributed by atoms with Crippen molar-refractivity contribution >= 4 is 5.91 Å². The van der Waals surface area contributed by atoms with E-state index in [0.717, 1.165) is 11.1 Å². The summed E-state index contributed by atoms with van der Waals surface area (Å²) in [4.78, 5) is 14.4. The molecule has 0 atom stereocenters. The van der Waals surface area contributed by atoms with Crippen LogP contribution in [0.2, 0.25) is 0 Å². The molecule has 0 bridgehead atoms. The summed E-state index contributed by atoms with van der Waals surface area (Å²) in [6.45, 7) is 5.94. The second-order valence-corrected chi connectivity index (χ2v) is 6.15. The quantitative estimate of drug-likeness (QED) is 0.749. The molecule has 0 aromatic heterocycles. The van der Waals surface area contributed by atoms with E-state index in [1.807, 2.05) is 49.1 Å². The molecule has 0 aliphatic heterocycles. The highest BCUT2D eigenvalue weighted by atomic mass is 19.1. The first-order valence-corrected chi connectivity index (χ1v) is 8.35. The van der Waals surface area contributed by atoms with Crippen LogP contribution in [0.15, 0.2) is 54.6 Å². The first-order valence-electron chi connectivity index (χ1n) is 8.35. The third kappa shape index (κ3) is 5.78. The minimum Gasteiger partial charge on any atom is -0.336 e. The summed E-state index contributed by atoms with van der Waals surface area (Å²) >= 11 is 0. The monoisotopic (exact) mass is 328 g/mol. The Bertz CT molecular complexity index is 626. The summed E-state index contributed by atoms with van der Waals surface area (Å²) in [5.74, 6) is -0.0946. The van der Waals surface area contributed by atoms with E-state index in [0.29, 0.717) is 26.1 Å². The fraction of sp³-hybridized carbons (Fsp3) is 0.350. The van der Waals surface area contributed by atoms with Crippen LogP contribution in [-0.4, -0.2) is 23.4 Å². The number of hydrogen-bond acceptors (Lipinski definition) is 2. The van der Waals surface area contributed by atoms with Gasteiger partial charge >= 0.3 is 0 Å². The molecule has 2 aromatic rings. The van der Waals surface area contributed by atoms with Crippen molar-refractivity contribution in [2.75, 3.05) is 6.54 Å². The van der Waals surface area contributed by atoms with Crippen molar-refractivity contribution in [3.63, 3.8) is 0 Å². The standard InChI is InChI=1S/C20H25FN2O/c1-16(2)23(15-18-6-4-3-5-7-18)20(24)12-13-22-14-17-8-10-19(21)11-9-17/h3-11,16,22H,12-15H2,1-2H3. The smallest absolute Gasteiger partial charge is 0.224 e. The van der Waals surface area contributed by atoms with Crippen LogP contribution in [0.5, 0.6) is 0 Å². The fourth-order valence-electron chi connectivity index (χ4n) is 2.51. The Balaban J connectivity index is 1.79. The number of nitrogens with one attached hydrogen (secondary N) is 1. The van der Waals surface area contributed by atoms with E-state index in [9.17, 15) is 9.18 Å². The van der Waals surface area contributed by atoms with Crippen LogP contribution in [0.3, 0.4) is 0 Å². The minimum absolute atomic E-state index is 0.139. The number of nitrogens with zero attached hydrogens (tertiary/aromatic N) is 1. The predicted octanol–water partition coefficient (Wildman–Crippen LogP) is 3.74. The molecule has 128 valence electrons. The molecule has 0 unspecified atom stereocenters. The van der Waals surface area contributed by atoms with E-state index in [4.69, 9.17) is 0 Å². The lowest BCUT2D eigenvalue weighted by Crippen LogP contribution is -2.37. The van der Waals surface area contributed by atoms with Crippen LogP contribution in [0.1, 0.15) is 31.4 Å². The summed E-state index contributed by atoms with van der Waals surface area (Å²) in [5, 5.41) is 3.24. The normalized spacial score (nSPS) is 10.8. The summed E-state index contributed by atoms with van der Waals surface area (Å²) in [6, 6.07) is 16.6. The lowest BCUT2D eigenvalue weighted by Gasteiger charge is -2.27. The molecule has 0 aliphatic carbocycles. The Labute approximate surface area is 143 Å². The number of hydrogen-bond donors (Lipinski definition) is 1. The van der Waals surface area contributed by atoms with Crippen LogP contribution in [0, 0.1) is 5.82 Å². The molecule has 0 radical (unpaired) electrons. The van der Waals surface area contributed by atoms with Crippen LogP contribution in [0.25, 0.3) is 0 Å². The first kappa shape index (κ1) is 18.1. The summed E-state index contributed by atoms with van der Waals surface area (Å²) in [7, 11) is 0. The van der Waals surface area contributed by atoms with Crippen molar-refractivity contribution < 1.29 is 9.18 Å². The van der Waals surface area contributed by atoms with Gasteiger partial charge in [-0.15, -0.1) is 0 Å². The van der Waals surface area contributed by atoms with Gasteiger partial charge in [0.05, 0.1) is 0 Å². The molecule has 0 aliphatic rings. The van der Waals surface area contributed by atoms with E-state index in [2.05, 4.69) is 5.32 Å². The van der Waals surface area contributed by atoms with Gasteiger partial charge in [-0.25, -0.2) is 4.39 Å². The van der Waals surface area contributed by atoms with E-state index in [1.165, 1.54) is 12.1 Å². The van der Waals surface area contributed by atoms with Gasteiger partial charge in [-0.3, -0.25) is 4.79 Å². The Morgan fingerprint density at radius 2 is 1.71 bits per heavy atom. The molecular formula is C20H25FN2O. The molecular weight excluding hydrogens is 303 g/mol. The van der Waals surface area contributed by atoms with Crippen molar-refractivity contribution in [1.29, 1.82) is 0 Å². The van der Waals surface area contributed by atoms with Crippen LogP contribution < -0.4 is 5.32 Å². The molecule has 3 nitrogen and oxygen atoms in total. The number of rotatable bonds is 8. The van der Waals surface area contributed by atoms with E-state index >= 15 is 0 Å². The zero-order chi connectivity index (χ0) is 17.4. The lowest BCUT2D eigenvalue weighted by atomic mass is 10.1. The van der Waals surface area contributed by atoms with Crippen molar-refractivity contribution in [2.24, 2.45) is 0 Å². The molecule has 0 saturated heterocycles. The highest BCUT2D eigenvalue weighted by molar-refractivity contribution is 5.76. The maximum atomic E-state index is 12.9. The zero-order valence-electron chi connectivity index (χ0n) is 14.3. The summed E-state index contributed by atoms with van der Waals surface area (Å²) < 4.78 is 12.9. The molecule has 1 amide bonds. The molecule has 0 heterocycles. The van der Waals surface area contributed by atoms with Crippen LogP contribution in [-0.2, 0) is 17.9 Å². The van der Waals surface area contributed by atoms with Crippen molar-refractivity contribution in [2.45, 2.75) is 39.4 Å². The molecule has 0 spiro atoms. The van der Waals surface area contributed by atoms with Gasteiger partial charge in [-0.2, -0.15) is 0 Å². The van der Waals surface area contributed by atoms with Crippen LogP contribution >= 0.6 is 0 Å². The van der Waals surface area contributed by atoms with Gasteiger partial charge in [-0.1, -0.05) is 42.5 Å². The number of carbonyl (C=O) groups excluding carboxylic acids is 1. The molecule has 2 rings (SSSR count). The highest BCUT2D eigenvalue weighted by Gasteiger charge is 2.16. The van der Waals surface area contributed by atoms with Crippen molar-refractivity contribution in [3.05, 3.63) is 71.5 Å². The van der Waals surface area contributed by atoms with Crippen molar-refractivity contribution in [1.82, 2.24) is 10.2 Å². The third-order valence-electron chi connectivity index (χ3n) is 3.90. The van der Waals surface area contributed by atoms with Gasteiger partial charge in [0.25, 0.3) is 0 Å². The van der Waals surface area contributed by atoms with E-state index in [-0.39, 0.29) is 17.8 Å². The average molecular weight is 328 g/mol. The first-order chi connectivity index (χ1) is 11.6. The largest absolute Gasteiger partial charge is 0.336 e. The minimum atomic E-state index is -0.234. The Kier molecular flexibility index (Phi) is 6.94. The third-order valence-corrected chi connectivity index (χ3v) is 3.90. The van der Waals surface area contributed by atoms with Gasteiger partial charge in [0.15, 0.2) is 0 Å². The summed E-state index contributed by atoms with van der Waals surface area (Å²) in [5.41, 5.74) is 2.15. The van der Waals surface area contributed by atoms with Gasteiger partial charge < -0.3 is 10.2 Å². The maximum absolute atomic E-state index is 12.9. The molecule has 0 saturated carbocycles. The lowest BCUT2D eigenvalue weighted by molar-refractivity contribution is -0.133. The molecule has 1 N–H and O–H groups in total. The topological polar surface area (TPSA) is 32.3 Å². The zero-order valence-corrected chi connectivity index (χ0v) is 14.3. The second kappa shape index (κ2) is 9.18. The second-order valence-electron chi connectivity index (χ2n) is 6.15. The maximum Gasteiger partial charge on any atom is 0.224 e. The molecule has 0 fully saturated rings. The number of amides is 1. The highest BCUT2D eigenvalue weighted by Crippen LogP contribution is 2.10. The van der Waals surface area contributed by atoms with Gasteiger partial charge in [0.1, 0.15) is 5.82 Å². The predicted molar refractivity (Wildman–Crippen MR) is 94.9 cm³/mol. The van der Waals surface area contributed by atoms with Crippen LogP contribution in [0.4, 0.5) is 4.39 Å². The Hall–Kier alpha value is -2.20. The average Bonchev–Trinajstić information content (AvgIpc) is 2.58. The summed E-state index contributed by atoms with van der Waals surface area (Å²) in [6.07, 6.45) is 0.451. The fourth-order valence-corrected chi connectivity index (χ4v) is 2.51. The molecule has 2 aromatic carbocycles. The Morgan fingerprint density at radius 1 is 1.04 bits per heavy atom. The Morgan fingerprint density at radius 3 is 2.33 bits per heavy atom. The van der Waals surface area contributed by atoms with Crippen molar-refractivity contribution in [3.8, 4) is 0 Å². The number of carbonyl (C=O) groups is 1. The molecule has 4 heteroatoms. The van der Waals surface area contributed by atoms with Gasteiger partial charge in [0, 0.05) is 32.1 Å². The van der Waals surface area contributed by atoms with Gasteiger partial charge in [-0.05, 0) is 37.1 Å². The molecule has 24 heavy (non-hydrogen) atoms. The number of halogens is 1. The van der Waals surface area contributed by atoms with E-state index in [1.54, 1.807) is 12.1 Å².